The van der Waals surface area contributed by atoms with Gasteiger partial charge in [0.1, 0.15) is 23.0 Å². The van der Waals surface area contributed by atoms with Crippen molar-refractivity contribution in [1.29, 1.82) is 0 Å². The number of hydrogen-bond donors (Lipinski definition) is 1. The second-order valence-electron chi connectivity index (χ2n) is 9.41. The number of benzene rings is 1. The number of ether oxygens (including phenoxy) is 3. The van der Waals surface area contributed by atoms with Crippen LogP contribution in [-0.2, 0) is 18.3 Å². The van der Waals surface area contributed by atoms with Gasteiger partial charge in [0.15, 0.2) is 11.6 Å². The summed E-state index contributed by atoms with van der Waals surface area (Å²) in [6.07, 6.45) is 0.966. The Morgan fingerprint density at radius 2 is 1.94 bits per heavy atom. The van der Waals surface area contributed by atoms with Gasteiger partial charge in [-0.1, -0.05) is 0 Å². The van der Waals surface area contributed by atoms with Crippen molar-refractivity contribution in [3.8, 4) is 22.8 Å². The molecular formula is C24H26FN5O4. The van der Waals surface area contributed by atoms with Gasteiger partial charge >= 0.3 is 6.09 Å². The summed E-state index contributed by atoms with van der Waals surface area (Å²) in [7, 11) is 1.79. The third-order valence-electron chi connectivity index (χ3n) is 5.83. The van der Waals surface area contributed by atoms with Crippen LogP contribution in [0, 0.1) is 5.82 Å². The van der Waals surface area contributed by atoms with Gasteiger partial charge in [0.05, 0.1) is 31.4 Å². The smallest absolute Gasteiger partial charge is 0.416 e. The maximum Gasteiger partial charge on any atom is 0.416 e. The van der Waals surface area contributed by atoms with Crippen LogP contribution in [0.2, 0.25) is 0 Å². The highest BCUT2D eigenvalue weighted by atomic mass is 19.1. The lowest BCUT2D eigenvalue weighted by Gasteiger charge is -2.28. The number of rotatable bonds is 1. The number of carbonyl (C=O) groups excluding carboxylic acids is 1. The van der Waals surface area contributed by atoms with Gasteiger partial charge in [0, 0.05) is 29.9 Å². The number of hydrogen-bond acceptors (Lipinski definition) is 7. The third-order valence-corrected chi connectivity index (χ3v) is 5.83. The zero-order valence-corrected chi connectivity index (χ0v) is 19.5. The van der Waals surface area contributed by atoms with Crippen LogP contribution in [0.4, 0.5) is 20.8 Å². The predicted molar refractivity (Wildman–Crippen MR) is 123 cm³/mol. The lowest BCUT2D eigenvalue weighted by Crippen LogP contribution is -2.37. The molecule has 2 aliphatic rings. The van der Waals surface area contributed by atoms with Crippen molar-refractivity contribution in [2.24, 2.45) is 7.05 Å². The number of anilines is 2. The summed E-state index contributed by atoms with van der Waals surface area (Å²) in [5, 5.41) is 4.20. The number of amides is 1. The number of carbonyl (C=O) groups is 1. The molecule has 0 unspecified atom stereocenters. The molecule has 178 valence electrons. The first-order chi connectivity index (χ1) is 16.1. The van der Waals surface area contributed by atoms with Crippen LogP contribution < -0.4 is 20.1 Å². The first kappa shape index (κ1) is 22.0. The molecule has 0 aliphatic carbocycles. The van der Waals surface area contributed by atoms with E-state index in [0.29, 0.717) is 34.8 Å². The van der Waals surface area contributed by atoms with Gasteiger partial charge in [-0.2, -0.15) is 5.10 Å². The summed E-state index contributed by atoms with van der Waals surface area (Å²) < 4.78 is 34.4. The standard InChI is InChI=1S/C24H26FN5O4/c1-24(2,3)34-23(31)30-10-15-16(25)5-6-18-20(15)13(11-32-18)12-33-19-9-14(21(26)28-22(19)30)17-7-8-27-29(17)4/h5-9,13H,10-12H2,1-4H3,(H2,26,28)/t13-/m1/s1. The summed E-state index contributed by atoms with van der Waals surface area (Å²) in [4.78, 5) is 19.1. The highest BCUT2D eigenvalue weighted by Crippen LogP contribution is 2.43. The van der Waals surface area contributed by atoms with E-state index >= 15 is 4.39 Å². The van der Waals surface area contributed by atoms with Gasteiger partial charge in [-0.15, -0.1) is 0 Å². The largest absolute Gasteiger partial charge is 0.493 e. The fraction of sp³-hybridized carbons (Fsp3) is 0.375. The number of pyridine rings is 1. The molecular weight excluding hydrogens is 441 g/mol. The molecule has 0 spiro atoms. The van der Waals surface area contributed by atoms with E-state index in [0.717, 1.165) is 5.69 Å². The minimum Gasteiger partial charge on any atom is -0.493 e. The van der Waals surface area contributed by atoms with Crippen molar-refractivity contribution < 1.29 is 23.4 Å². The molecule has 2 aliphatic heterocycles. The molecule has 34 heavy (non-hydrogen) atoms. The van der Waals surface area contributed by atoms with E-state index < -0.39 is 17.5 Å². The maximum atomic E-state index is 15.1. The van der Waals surface area contributed by atoms with Crippen molar-refractivity contribution in [1.82, 2.24) is 14.8 Å². The van der Waals surface area contributed by atoms with Crippen molar-refractivity contribution in [3.63, 3.8) is 0 Å². The molecule has 4 heterocycles. The van der Waals surface area contributed by atoms with Crippen LogP contribution in [0.1, 0.15) is 37.8 Å². The van der Waals surface area contributed by atoms with E-state index in [9.17, 15) is 4.79 Å². The zero-order chi connectivity index (χ0) is 24.2. The average Bonchev–Trinajstić information content (AvgIpc) is 3.37. The number of nitrogen functional groups attached to an aromatic ring is 1. The van der Waals surface area contributed by atoms with Crippen molar-refractivity contribution in [3.05, 3.63) is 47.4 Å². The summed E-state index contributed by atoms with van der Waals surface area (Å²) in [5.74, 6) is 0.618. The molecule has 1 aromatic carbocycles. The second-order valence-corrected chi connectivity index (χ2v) is 9.41. The van der Waals surface area contributed by atoms with E-state index in [-0.39, 0.29) is 30.7 Å². The molecule has 1 amide bonds. The third kappa shape index (κ3) is 3.78. The quantitative estimate of drug-likeness (QED) is 0.576. The fourth-order valence-electron chi connectivity index (χ4n) is 4.29. The van der Waals surface area contributed by atoms with Crippen LogP contribution in [-0.4, -0.2) is 39.7 Å². The Kier molecular flexibility index (Phi) is 5.11. The Hall–Kier alpha value is -3.82. The van der Waals surface area contributed by atoms with Crippen LogP contribution in [0.15, 0.2) is 30.5 Å². The van der Waals surface area contributed by atoms with E-state index in [4.69, 9.17) is 19.9 Å². The van der Waals surface area contributed by atoms with Crippen molar-refractivity contribution in [2.45, 2.75) is 38.8 Å². The molecule has 2 N–H and O–H groups in total. The molecule has 9 nitrogen and oxygen atoms in total. The Balaban J connectivity index is 1.69. The Morgan fingerprint density at radius 3 is 2.62 bits per heavy atom. The molecule has 1 atom stereocenters. The van der Waals surface area contributed by atoms with E-state index in [2.05, 4.69) is 10.1 Å². The number of halogens is 1. The van der Waals surface area contributed by atoms with Gasteiger partial charge in [0.25, 0.3) is 0 Å². The first-order valence-corrected chi connectivity index (χ1v) is 11.0. The number of fused-ring (bicyclic) bond motifs is 1. The predicted octanol–water partition coefficient (Wildman–Crippen LogP) is 4.01. The zero-order valence-electron chi connectivity index (χ0n) is 19.5. The SMILES string of the molecule is Cn1nccc1-c1cc2c(nc1N)N(C(=O)OC(C)(C)C)Cc1c(F)ccc3c1[C@@H](CO2)CO3. The van der Waals surface area contributed by atoms with Crippen LogP contribution in [0.3, 0.4) is 0 Å². The second kappa shape index (κ2) is 7.89. The van der Waals surface area contributed by atoms with Crippen molar-refractivity contribution in [2.75, 3.05) is 23.8 Å². The van der Waals surface area contributed by atoms with E-state index in [1.165, 1.54) is 11.0 Å². The summed E-state index contributed by atoms with van der Waals surface area (Å²) >= 11 is 0. The summed E-state index contributed by atoms with van der Waals surface area (Å²) in [5.41, 5.74) is 7.94. The van der Waals surface area contributed by atoms with Crippen LogP contribution >= 0.6 is 0 Å². The molecule has 0 radical (unpaired) electrons. The highest BCUT2D eigenvalue weighted by Gasteiger charge is 2.36. The molecule has 0 bridgehead atoms. The minimum absolute atomic E-state index is 0.113. The fourth-order valence-corrected chi connectivity index (χ4v) is 4.29. The maximum absolute atomic E-state index is 15.1. The number of nitrogens with two attached hydrogens (primary N) is 1. The van der Waals surface area contributed by atoms with Gasteiger partial charge in [0.2, 0.25) is 0 Å². The highest BCUT2D eigenvalue weighted by molar-refractivity contribution is 5.90. The minimum atomic E-state index is -0.778. The Bertz CT molecular complexity index is 1280. The number of aryl methyl sites for hydroxylation is 1. The Morgan fingerprint density at radius 1 is 1.21 bits per heavy atom. The lowest BCUT2D eigenvalue weighted by molar-refractivity contribution is 0.0575. The Labute approximate surface area is 196 Å². The molecule has 0 saturated heterocycles. The average molecular weight is 468 g/mol. The van der Waals surface area contributed by atoms with Gasteiger partial charge in [-0.3, -0.25) is 9.58 Å². The molecule has 2 aromatic heterocycles. The summed E-state index contributed by atoms with van der Waals surface area (Å²) in [6.45, 7) is 5.74. The lowest BCUT2D eigenvalue weighted by atomic mass is 9.95. The number of nitrogens with zero attached hydrogens (tertiary/aromatic N) is 4. The van der Waals surface area contributed by atoms with E-state index in [1.807, 2.05) is 6.07 Å². The summed E-state index contributed by atoms with van der Waals surface area (Å²) in [6, 6.07) is 6.49. The number of aromatic nitrogens is 3. The monoisotopic (exact) mass is 467 g/mol. The molecule has 3 aromatic rings. The van der Waals surface area contributed by atoms with Crippen LogP contribution in [0.25, 0.3) is 11.3 Å². The normalized spacial score (nSPS) is 17.0. The van der Waals surface area contributed by atoms with Crippen LogP contribution in [0.5, 0.6) is 11.5 Å². The van der Waals surface area contributed by atoms with Gasteiger partial charge < -0.3 is 19.9 Å². The topological polar surface area (TPSA) is 105 Å². The molecule has 10 heteroatoms. The molecule has 5 rings (SSSR count). The molecule has 0 saturated carbocycles. The van der Waals surface area contributed by atoms with Gasteiger partial charge in [-0.25, -0.2) is 14.2 Å². The van der Waals surface area contributed by atoms with Gasteiger partial charge in [-0.05, 0) is 45.0 Å². The molecule has 0 fully saturated rings. The first-order valence-electron chi connectivity index (χ1n) is 11.0. The van der Waals surface area contributed by atoms with E-state index in [1.54, 1.807) is 50.8 Å². The van der Waals surface area contributed by atoms with Crippen molar-refractivity contribution >= 4 is 17.7 Å².